The van der Waals surface area contributed by atoms with E-state index in [4.69, 9.17) is 14.9 Å². The fraction of sp³-hybridized carbons (Fsp3) is 0.889. The van der Waals surface area contributed by atoms with Gasteiger partial charge >= 0.3 is 0 Å². The van der Waals surface area contributed by atoms with Crippen molar-refractivity contribution in [3.05, 3.63) is 0 Å². The fourth-order valence-corrected chi connectivity index (χ4v) is 1.62. The third kappa shape index (κ3) is 3.35. The highest BCUT2D eigenvalue weighted by atomic mass is 16.5. The minimum absolute atomic E-state index is 0.138. The number of hydrogen-bond donors (Lipinski definition) is 6. The number of aliphatic hydroxyl groups excluding tert-OH is 5. The van der Waals surface area contributed by atoms with Gasteiger partial charge in [-0.3, -0.25) is 4.79 Å². The number of ether oxygens (including phenoxy) is 1. The van der Waals surface area contributed by atoms with Gasteiger partial charge in [-0.05, 0) is 0 Å². The summed E-state index contributed by atoms with van der Waals surface area (Å²) in [6, 6.07) is 0. The van der Waals surface area contributed by atoms with Crippen LogP contribution in [-0.2, 0) is 9.53 Å². The first kappa shape index (κ1) is 14.3. The lowest BCUT2D eigenvalue weighted by Crippen LogP contribution is -2.60. The minimum Gasteiger partial charge on any atom is -0.394 e. The lowest BCUT2D eigenvalue weighted by atomic mass is 9.95. The van der Waals surface area contributed by atoms with E-state index in [2.05, 4.69) is 5.32 Å². The Labute approximate surface area is 97.4 Å². The third-order valence-electron chi connectivity index (χ3n) is 2.64. The molecule has 8 heteroatoms. The van der Waals surface area contributed by atoms with Crippen molar-refractivity contribution >= 4 is 5.91 Å². The summed E-state index contributed by atoms with van der Waals surface area (Å²) in [7, 11) is 0. The van der Waals surface area contributed by atoms with Crippen molar-refractivity contribution in [3.8, 4) is 0 Å². The van der Waals surface area contributed by atoms with Crippen LogP contribution in [0.5, 0.6) is 0 Å². The summed E-state index contributed by atoms with van der Waals surface area (Å²) in [5.41, 5.74) is 0. The zero-order valence-electron chi connectivity index (χ0n) is 9.06. The van der Waals surface area contributed by atoms with Gasteiger partial charge in [0, 0.05) is 6.54 Å². The first-order valence-electron chi connectivity index (χ1n) is 5.19. The summed E-state index contributed by atoms with van der Waals surface area (Å²) >= 11 is 0. The van der Waals surface area contributed by atoms with Gasteiger partial charge in [0.25, 0.3) is 0 Å². The van der Waals surface area contributed by atoms with Crippen molar-refractivity contribution < 1.29 is 35.1 Å². The summed E-state index contributed by atoms with van der Waals surface area (Å²) in [6.45, 7) is -1.35. The maximum atomic E-state index is 10.8. The van der Waals surface area contributed by atoms with Crippen LogP contribution < -0.4 is 5.32 Å². The van der Waals surface area contributed by atoms with Gasteiger partial charge in [-0.1, -0.05) is 0 Å². The predicted molar refractivity (Wildman–Crippen MR) is 53.9 cm³/mol. The van der Waals surface area contributed by atoms with Crippen LogP contribution in [-0.4, -0.2) is 81.7 Å². The summed E-state index contributed by atoms with van der Waals surface area (Å²) in [5, 5.41) is 48.1. The maximum absolute atomic E-state index is 10.8. The van der Waals surface area contributed by atoms with Crippen LogP contribution in [0.3, 0.4) is 0 Å². The van der Waals surface area contributed by atoms with E-state index in [0.717, 1.165) is 0 Å². The highest BCUT2D eigenvalue weighted by molar-refractivity contribution is 5.76. The highest BCUT2D eigenvalue weighted by Crippen LogP contribution is 2.20. The number of amides is 1. The van der Waals surface area contributed by atoms with E-state index < -0.39 is 49.6 Å². The fourth-order valence-electron chi connectivity index (χ4n) is 1.62. The monoisotopic (exact) mass is 251 g/mol. The first-order valence-corrected chi connectivity index (χ1v) is 5.19. The highest BCUT2D eigenvalue weighted by Gasteiger charge is 2.43. The molecule has 1 heterocycles. The SMILES string of the molecule is O=C(CO)NCC1OC(CO)C(O)C(O)C1O. The topological polar surface area (TPSA) is 139 Å². The van der Waals surface area contributed by atoms with Gasteiger partial charge in [0.2, 0.25) is 5.91 Å². The van der Waals surface area contributed by atoms with Gasteiger partial charge in [0.15, 0.2) is 0 Å². The van der Waals surface area contributed by atoms with Crippen molar-refractivity contribution in [2.75, 3.05) is 19.8 Å². The van der Waals surface area contributed by atoms with E-state index in [1.165, 1.54) is 0 Å². The summed E-state index contributed by atoms with van der Waals surface area (Å²) in [5.74, 6) is -0.651. The molecule has 0 saturated carbocycles. The van der Waals surface area contributed by atoms with Gasteiger partial charge in [-0.25, -0.2) is 0 Å². The average molecular weight is 251 g/mol. The molecule has 0 aromatic carbocycles. The molecule has 100 valence electrons. The lowest BCUT2D eigenvalue weighted by Gasteiger charge is -2.40. The third-order valence-corrected chi connectivity index (χ3v) is 2.64. The molecule has 0 radical (unpaired) electrons. The largest absolute Gasteiger partial charge is 0.394 e. The Morgan fingerprint density at radius 1 is 1.06 bits per heavy atom. The smallest absolute Gasteiger partial charge is 0.245 e. The standard InChI is InChI=1S/C9H17NO7/c11-2-5-8(15)9(16)7(14)4(17-5)1-10-6(13)3-12/h4-5,7-9,11-12,14-16H,1-3H2,(H,10,13). The maximum Gasteiger partial charge on any atom is 0.245 e. The van der Waals surface area contributed by atoms with Gasteiger partial charge < -0.3 is 35.6 Å². The molecule has 5 unspecified atom stereocenters. The Morgan fingerprint density at radius 2 is 1.65 bits per heavy atom. The molecule has 0 aliphatic carbocycles. The van der Waals surface area contributed by atoms with Crippen LogP contribution >= 0.6 is 0 Å². The normalized spacial score (nSPS) is 37.8. The van der Waals surface area contributed by atoms with Gasteiger partial charge in [0.1, 0.15) is 37.1 Å². The number of carbonyl (C=O) groups is 1. The second-order valence-electron chi connectivity index (χ2n) is 3.83. The van der Waals surface area contributed by atoms with Crippen molar-refractivity contribution in [2.45, 2.75) is 30.5 Å². The van der Waals surface area contributed by atoms with E-state index in [1.54, 1.807) is 0 Å². The minimum atomic E-state index is -1.46. The number of nitrogens with one attached hydrogen (secondary N) is 1. The summed E-state index contributed by atoms with van der Waals surface area (Å²) in [6.07, 6.45) is -6.21. The quantitative estimate of drug-likeness (QED) is 0.299. The van der Waals surface area contributed by atoms with Gasteiger partial charge in [0.05, 0.1) is 6.61 Å². The van der Waals surface area contributed by atoms with Crippen LogP contribution in [0.25, 0.3) is 0 Å². The second kappa shape index (κ2) is 6.24. The first-order chi connectivity index (χ1) is 8.01. The molecule has 0 aromatic heterocycles. The van der Waals surface area contributed by atoms with Gasteiger partial charge in [-0.2, -0.15) is 0 Å². The molecule has 1 aliphatic heterocycles. The molecule has 17 heavy (non-hydrogen) atoms. The Bertz CT molecular complexity index is 260. The zero-order chi connectivity index (χ0) is 13.0. The van der Waals surface area contributed by atoms with Crippen LogP contribution in [0.15, 0.2) is 0 Å². The molecule has 0 bridgehead atoms. The van der Waals surface area contributed by atoms with Gasteiger partial charge in [-0.15, -0.1) is 0 Å². The Balaban J connectivity index is 2.56. The number of rotatable bonds is 4. The number of aliphatic hydroxyl groups is 5. The molecule has 0 aromatic rings. The average Bonchev–Trinajstić information content (AvgIpc) is 2.34. The molecule has 1 rings (SSSR count). The number of carbonyl (C=O) groups excluding carboxylic acids is 1. The Morgan fingerprint density at radius 3 is 2.18 bits per heavy atom. The van der Waals surface area contributed by atoms with Crippen molar-refractivity contribution in [1.29, 1.82) is 0 Å². The van der Waals surface area contributed by atoms with Crippen LogP contribution in [0.1, 0.15) is 0 Å². The summed E-state index contributed by atoms with van der Waals surface area (Å²) < 4.78 is 5.12. The van der Waals surface area contributed by atoms with E-state index in [1.807, 2.05) is 0 Å². The van der Waals surface area contributed by atoms with Crippen LogP contribution in [0.2, 0.25) is 0 Å². The van der Waals surface area contributed by atoms with Crippen molar-refractivity contribution in [1.82, 2.24) is 5.32 Å². The Kier molecular flexibility index (Phi) is 5.25. The molecule has 0 spiro atoms. The predicted octanol–water partition coefficient (Wildman–Crippen LogP) is -4.06. The molecule has 1 saturated heterocycles. The molecule has 1 fully saturated rings. The Hall–Kier alpha value is -0.770. The van der Waals surface area contributed by atoms with E-state index in [-0.39, 0.29) is 6.54 Å². The molecule has 1 amide bonds. The zero-order valence-corrected chi connectivity index (χ0v) is 9.06. The molecule has 5 atom stereocenters. The molecular formula is C9H17NO7. The van der Waals surface area contributed by atoms with Crippen LogP contribution in [0.4, 0.5) is 0 Å². The molecule has 8 nitrogen and oxygen atoms in total. The van der Waals surface area contributed by atoms with Crippen molar-refractivity contribution in [3.63, 3.8) is 0 Å². The molecule has 6 N–H and O–H groups in total. The summed E-state index contributed by atoms with van der Waals surface area (Å²) in [4.78, 5) is 10.8. The van der Waals surface area contributed by atoms with Crippen molar-refractivity contribution in [2.24, 2.45) is 0 Å². The van der Waals surface area contributed by atoms with Crippen LogP contribution in [0, 0.1) is 0 Å². The molecule has 1 aliphatic rings. The lowest BCUT2D eigenvalue weighted by molar-refractivity contribution is -0.227. The van der Waals surface area contributed by atoms with E-state index in [9.17, 15) is 20.1 Å². The van der Waals surface area contributed by atoms with E-state index >= 15 is 0 Å². The van der Waals surface area contributed by atoms with E-state index in [0.29, 0.717) is 0 Å². The number of hydrogen-bond acceptors (Lipinski definition) is 7. The second-order valence-corrected chi connectivity index (χ2v) is 3.83. The molecular weight excluding hydrogens is 234 g/mol.